The summed E-state index contributed by atoms with van der Waals surface area (Å²) in [5, 5.41) is 3.08. The van der Waals surface area contributed by atoms with Gasteiger partial charge in [-0.3, -0.25) is 4.79 Å². The molecule has 3 nitrogen and oxygen atoms in total. The van der Waals surface area contributed by atoms with Crippen LogP contribution in [-0.4, -0.2) is 17.4 Å². The van der Waals surface area contributed by atoms with Gasteiger partial charge in [-0.25, -0.2) is 0 Å². The highest BCUT2D eigenvalue weighted by Gasteiger charge is 2.18. The molecule has 1 aliphatic heterocycles. The van der Waals surface area contributed by atoms with Crippen LogP contribution in [0.4, 0.5) is 5.69 Å². The van der Waals surface area contributed by atoms with Crippen molar-refractivity contribution in [1.82, 2.24) is 5.32 Å². The van der Waals surface area contributed by atoms with E-state index in [-0.39, 0.29) is 11.9 Å². The molecule has 19 heavy (non-hydrogen) atoms. The van der Waals surface area contributed by atoms with Gasteiger partial charge in [-0.15, -0.1) is 0 Å². The van der Waals surface area contributed by atoms with Crippen molar-refractivity contribution >= 4 is 23.4 Å². The first-order valence-corrected chi connectivity index (χ1v) is 8.03. The summed E-state index contributed by atoms with van der Waals surface area (Å²) in [7, 11) is 0. The molecule has 4 heteroatoms. The standard InChI is InChI=1S/C15H22N2OS/c1-11(13-2-4-14(16)5-3-13)17-15(18)10-12-6-8-19-9-7-12/h2-5,11-12H,6-10,16H2,1H3,(H,17,18). The predicted octanol–water partition coefficient (Wildman–Crippen LogP) is 2.98. The van der Waals surface area contributed by atoms with Gasteiger partial charge in [0.05, 0.1) is 6.04 Å². The molecule has 1 heterocycles. The molecule has 0 radical (unpaired) electrons. The summed E-state index contributed by atoms with van der Waals surface area (Å²) in [5.74, 6) is 3.14. The number of thioether (sulfide) groups is 1. The lowest BCUT2D eigenvalue weighted by molar-refractivity contribution is -0.122. The van der Waals surface area contributed by atoms with Crippen molar-refractivity contribution in [2.45, 2.75) is 32.2 Å². The summed E-state index contributed by atoms with van der Waals surface area (Å²) in [5.41, 5.74) is 7.51. The normalized spacial score (nSPS) is 17.9. The Morgan fingerprint density at radius 1 is 1.37 bits per heavy atom. The lowest BCUT2D eigenvalue weighted by atomic mass is 9.98. The zero-order valence-electron chi connectivity index (χ0n) is 11.4. The van der Waals surface area contributed by atoms with Crippen LogP contribution in [0.25, 0.3) is 0 Å². The minimum atomic E-state index is 0.0473. The molecule has 0 spiro atoms. The molecule has 2 rings (SSSR count). The van der Waals surface area contributed by atoms with Crippen molar-refractivity contribution in [1.29, 1.82) is 0 Å². The number of hydrogen-bond acceptors (Lipinski definition) is 3. The summed E-state index contributed by atoms with van der Waals surface area (Å²) >= 11 is 1.99. The summed E-state index contributed by atoms with van der Waals surface area (Å²) in [6, 6.07) is 7.73. The molecule has 1 aromatic carbocycles. The number of nitrogen functional groups attached to an aromatic ring is 1. The van der Waals surface area contributed by atoms with E-state index in [4.69, 9.17) is 5.73 Å². The van der Waals surface area contributed by atoms with Crippen LogP contribution < -0.4 is 11.1 Å². The van der Waals surface area contributed by atoms with Crippen LogP contribution in [0.3, 0.4) is 0 Å². The fourth-order valence-corrected chi connectivity index (χ4v) is 3.59. The van der Waals surface area contributed by atoms with Crippen molar-refractivity contribution in [3.63, 3.8) is 0 Å². The van der Waals surface area contributed by atoms with Gasteiger partial charge in [0.2, 0.25) is 5.91 Å². The molecule has 1 fully saturated rings. The number of hydrogen-bond donors (Lipinski definition) is 2. The highest BCUT2D eigenvalue weighted by molar-refractivity contribution is 7.99. The van der Waals surface area contributed by atoms with E-state index < -0.39 is 0 Å². The Balaban J connectivity index is 1.82. The molecule has 0 saturated carbocycles. The molecule has 1 amide bonds. The van der Waals surface area contributed by atoms with Crippen molar-refractivity contribution in [3.8, 4) is 0 Å². The van der Waals surface area contributed by atoms with E-state index in [1.165, 1.54) is 24.3 Å². The number of carbonyl (C=O) groups is 1. The van der Waals surface area contributed by atoms with E-state index in [9.17, 15) is 4.79 Å². The molecule has 0 bridgehead atoms. The molecule has 0 aromatic heterocycles. The third kappa shape index (κ3) is 4.46. The quantitative estimate of drug-likeness (QED) is 0.833. The predicted molar refractivity (Wildman–Crippen MR) is 82.1 cm³/mol. The molecule has 0 aliphatic carbocycles. The van der Waals surface area contributed by atoms with Crippen LogP contribution in [0, 0.1) is 5.92 Å². The fourth-order valence-electron chi connectivity index (χ4n) is 2.38. The van der Waals surface area contributed by atoms with Crippen LogP contribution in [0.15, 0.2) is 24.3 Å². The maximum absolute atomic E-state index is 12.0. The van der Waals surface area contributed by atoms with Gasteiger partial charge < -0.3 is 11.1 Å². The Kier molecular flexibility index (Phi) is 5.14. The van der Waals surface area contributed by atoms with E-state index in [0.29, 0.717) is 12.3 Å². The maximum Gasteiger partial charge on any atom is 0.220 e. The molecule has 1 atom stereocenters. The smallest absolute Gasteiger partial charge is 0.220 e. The Bertz CT molecular complexity index is 413. The first-order chi connectivity index (χ1) is 9.15. The number of benzene rings is 1. The van der Waals surface area contributed by atoms with Crippen molar-refractivity contribution < 1.29 is 4.79 Å². The minimum absolute atomic E-state index is 0.0473. The first kappa shape index (κ1) is 14.3. The van der Waals surface area contributed by atoms with Crippen LogP contribution in [0.1, 0.15) is 37.8 Å². The molecule has 1 aliphatic rings. The second-order valence-electron chi connectivity index (χ2n) is 5.22. The van der Waals surface area contributed by atoms with Gasteiger partial charge >= 0.3 is 0 Å². The molecular weight excluding hydrogens is 256 g/mol. The average molecular weight is 278 g/mol. The van der Waals surface area contributed by atoms with Crippen molar-refractivity contribution in [2.24, 2.45) is 5.92 Å². The molecule has 1 saturated heterocycles. The lowest BCUT2D eigenvalue weighted by Crippen LogP contribution is -2.29. The number of carbonyl (C=O) groups excluding carboxylic acids is 1. The van der Waals surface area contributed by atoms with Crippen LogP contribution in [0.5, 0.6) is 0 Å². The highest BCUT2D eigenvalue weighted by atomic mass is 32.2. The third-order valence-corrected chi connectivity index (χ3v) is 4.68. The SMILES string of the molecule is CC(NC(=O)CC1CCSCC1)c1ccc(N)cc1. The zero-order chi connectivity index (χ0) is 13.7. The number of rotatable bonds is 4. The minimum Gasteiger partial charge on any atom is -0.399 e. The highest BCUT2D eigenvalue weighted by Crippen LogP contribution is 2.25. The topological polar surface area (TPSA) is 55.1 Å². The summed E-state index contributed by atoms with van der Waals surface area (Å²) in [6.45, 7) is 2.01. The van der Waals surface area contributed by atoms with Gasteiger partial charge in [-0.2, -0.15) is 11.8 Å². The number of anilines is 1. The van der Waals surface area contributed by atoms with Crippen molar-refractivity contribution in [3.05, 3.63) is 29.8 Å². The average Bonchev–Trinajstić information content (AvgIpc) is 2.40. The monoisotopic (exact) mass is 278 g/mol. The largest absolute Gasteiger partial charge is 0.399 e. The zero-order valence-corrected chi connectivity index (χ0v) is 12.2. The van der Waals surface area contributed by atoms with Crippen LogP contribution in [-0.2, 0) is 4.79 Å². The summed E-state index contributed by atoms with van der Waals surface area (Å²) in [4.78, 5) is 12.0. The summed E-state index contributed by atoms with van der Waals surface area (Å²) < 4.78 is 0. The Morgan fingerprint density at radius 3 is 2.63 bits per heavy atom. The van der Waals surface area contributed by atoms with Crippen LogP contribution in [0.2, 0.25) is 0 Å². The second kappa shape index (κ2) is 6.85. The molecule has 1 aromatic rings. The van der Waals surface area contributed by atoms with E-state index in [0.717, 1.165) is 11.3 Å². The van der Waals surface area contributed by atoms with Crippen molar-refractivity contribution in [2.75, 3.05) is 17.2 Å². The Morgan fingerprint density at radius 2 is 2.00 bits per heavy atom. The Hall–Kier alpha value is -1.16. The van der Waals surface area contributed by atoms with E-state index >= 15 is 0 Å². The second-order valence-corrected chi connectivity index (χ2v) is 6.44. The van der Waals surface area contributed by atoms with Gasteiger partial charge in [0.15, 0.2) is 0 Å². The summed E-state index contributed by atoms with van der Waals surface area (Å²) in [6.07, 6.45) is 3.02. The van der Waals surface area contributed by atoms with E-state index in [2.05, 4.69) is 5.32 Å². The number of nitrogens with one attached hydrogen (secondary N) is 1. The van der Waals surface area contributed by atoms with E-state index in [1.807, 2.05) is 43.0 Å². The van der Waals surface area contributed by atoms with Gasteiger partial charge in [0, 0.05) is 12.1 Å². The number of nitrogens with two attached hydrogens (primary N) is 1. The molecule has 104 valence electrons. The third-order valence-electron chi connectivity index (χ3n) is 3.63. The Labute approximate surface area is 119 Å². The first-order valence-electron chi connectivity index (χ1n) is 6.87. The van der Waals surface area contributed by atoms with Gasteiger partial charge in [0.25, 0.3) is 0 Å². The fraction of sp³-hybridized carbons (Fsp3) is 0.533. The molecule has 1 unspecified atom stereocenters. The molecule has 3 N–H and O–H groups in total. The van der Waals surface area contributed by atoms with Gasteiger partial charge in [-0.1, -0.05) is 12.1 Å². The van der Waals surface area contributed by atoms with Gasteiger partial charge in [-0.05, 0) is 54.9 Å². The van der Waals surface area contributed by atoms with Crippen LogP contribution >= 0.6 is 11.8 Å². The number of amides is 1. The lowest BCUT2D eigenvalue weighted by Gasteiger charge is -2.22. The van der Waals surface area contributed by atoms with E-state index in [1.54, 1.807) is 0 Å². The maximum atomic E-state index is 12.0. The van der Waals surface area contributed by atoms with Gasteiger partial charge in [0.1, 0.15) is 0 Å². The molecular formula is C15H22N2OS.